The molecule has 0 unspecified atom stereocenters. The molecule has 0 fully saturated rings. The van der Waals surface area contributed by atoms with E-state index < -0.39 is 60.2 Å². The van der Waals surface area contributed by atoms with Crippen molar-refractivity contribution in [2.75, 3.05) is 18.6 Å². The van der Waals surface area contributed by atoms with Gasteiger partial charge in [-0.15, -0.1) is 0 Å². The first-order valence-electron chi connectivity index (χ1n) is 11.5. The van der Waals surface area contributed by atoms with Gasteiger partial charge in [0.25, 0.3) is 0 Å². The number of amides is 4. The molecule has 4 amide bonds. The van der Waals surface area contributed by atoms with E-state index in [-0.39, 0.29) is 12.8 Å². The number of hydrogen-bond acceptors (Lipinski definition) is 8. The Balaban J connectivity index is 2.96. The molecule has 0 saturated carbocycles. The van der Waals surface area contributed by atoms with E-state index in [9.17, 15) is 29.1 Å². The molecular weight excluding hydrogens is 488 g/mol. The summed E-state index contributed by atoms with van der Waals surface area (Å²) in [4.78, 5) is 61.6. The van der Waals surface area contributed by atoms with Crippen LogP contribution in [0, 0.1) is 0 Å². The highest BCUT2D eigenvalue weighted by molar-refractivity contribution is 7.98. The Morgan fingerprint density at radius 2 is 1.50 bits per heavy atom. The number of aliphatic carboxylic acids is 1. The van der Waals surface area contributed by atoms with Gasteiger partial charge in [0.15, 0.2) is 0 Å². The van der Waals surface area contributed by atoms with Crippen molar-refractivity contribution in [2.45, 2.75) is 56.3 Å². The molecule has 10 N–H and O–H groups in total. The second-order valence-corrected chi connectivity index (χ2v) is 9.18. The predicted octanol–water partition coefficient (Wildman–Crippen LogP) is -1.54. The van der Waals surface area contributed by atoms with Crippen LogP contribution in [0.3, 0.4) is 0 Å². The number of carbonyl (C=O) groups excluding carboxylic acids is 4. The zero-order chi connectivity index (χ0) is 27.1. The Hall–Kier alpha value is -3.16. The molecule has 36 heavy (non-hydrogen) atoms. The van der Waals surface area contributed by atoms with Crippen LogP contribution >= 0.6 is 11.8 Å². The maximum atomic E-state index is 13.0. The number of carboxylic acids is 1. The van der Waals surface area contributed by atoms with Crippen molar-refractivity contribution in [1.29, 1.82) is 0 Å². The number of rotatable bonds is 17. The van der Waals surface area contributed by atoms with E-state index in [0.717, 1.165) is 5.56 Å². The third kappa shape index (κ3) is 11.5. The van der Waals surface area contributed by atoms with Crippen molar-refractivity contribution in [3.8, 4) is 0 Å². The van der Waals surface area contributed by atoms with Gasteiger partial charge >= 0.3 is 5.97 Å². The summed E-state index contributed by atoms with van der Waals surface area (Å²) in [6, 6.07) is 4.25. The van der Waals surface area contributed by atoms with Crippen LogP contribution in [0.4, 0.5) is 0 Å². The van der Waals surface area contributed by atoms with E-state index in [1.54, 1.807) is 30.3 Å². The lowest BCUT2D eigenvalue weighted by atomic mass is 10.0. The second kappa shape index (κ2) is 16.5. The highest BCUT2D eigenvalue weighted by atomic mass is 32.2. The van der Waals surface area contributed by atoms with Gasteiger partial charge < -0.3 is 38.3 Å². The molecule has 1 rings (SSSR count). The largest absolute Gasteiger partial charge is 0.481 e. The van der Waals surface area contributed by atoms with E-state index in [0.29, 0.717) is 25.1 Å². The van der Waals surface area contributed by atoms with Gasteiger partial charge in [0, 0.05) is 6.42 Å². The van der Waals surface area contributed by atoms with Crippen LogP contribution in [0.25, 0.3) is 0 Å². The lowest BCUT2D eigenvalue weighted by Gasteiger charge is -2.25. The average Bonchev–Trinajstić information content (AvgIpc) is 2.84. The molecule has 12 nitrogen and oxygen atoms in total. The third-order valence-electron chi connectivity index (χ3n) is 5.25. The van der Waals surface area contributed by atoms with Gasteiger partial charge in [0.05, 0.1) is 12.5 Å². The standard InChI is InChI=1S/C23H36N6O6S/c1-36-11-9-16(27-21(33)15(25)8-5-10-24)22(34)29-18(13-19(30)31)23(35)28-17(20(26)32)12-14-6-3-2-4-7-14/h2-4,6-7,15-18H,5,8-13,24-25H2,1H3,(H2,26,32)(H,27,33)(H,28,35)(H,29,34)(H,30,31)/t15-,16-,17-,18-/m0/s1. The molecule has 0 aliphatic carbocycles. The van der Waals surface area contributed by atoms with Gasteiger partial charge in [-0.1, -0.05) is 30.3 Å². The minimum Gasteiger partial charge on any atom is -0.481 e. The van der Waals surface area contributed by atoms with E-state index in [1.165, 1.54) is 11.8 Å². The minimum absolute atomic E-state index is 0.0861. The van der Waals surface area contributed by atoms with Crippen molar-refractivity contribution in [3.05, 3.63) is 35.9 Å². The van der Waals surface area contributed by atoms with Gasteiger partial charge in [-0.05, 0) is 43.4 Å². The monoisotopic (exact) mass is 524 g/mol. The van der Waals surface area contributed by atoms with Gasteiger partial charge in [0.2, 0.25) is 23.6 Å². The zero-order valence-electron chi connectivity index (χ0n) is 20.3. The first kappa shape index (κ1) is 30.9. The Morgan fingerprint density at radius 3 is 2.06 bits per heavy atom. The summed E-state index contributed by atoms with van der Waals surface area (Å²) in [5.74, 6) is -3.84. The Bertz CT molecular complexity index is 887. The van der Waals surface area contributed by atoms with Crippen LogP contribution in [0.5, 0.6) is 0 Å². The van der Waals surface area contributed by atoms with Crippen LogP contribution in [0.15, 0.2) is 30.3 Å². The molecule has 13 heteroatoms. The molecule has 0 radical (unpaired) electrons. The summed E-state index contributed by atoms with van der Waals surface area (Å²) in [6.45, 7) is 0.361. The number of nitrogens with two attached hydrogens (primary N) is 3. The minimum atomic E-state index is -1.51. The number of nitrogens with one attached hydrogen (secondary N) is 3. The number of thioether (sulfide) groups is 1. The lowest BCUT2D eigenvalue weighted by molar-refractivity contribution is -0.141. The Labute approximate surface area is 214 Å². The van der Waals surface area contributed by atoms with Crippen LogP contribution < -0.4 is 33.2 Å². The van der Waals surface area contributed by atoms with Crippen molar-refractivity contribution in [1.82, 2.24) is 16.0 Å². The van der Waals surface area contributed by atoms with Crippen molar-refractivity contribution < 1.29 is 29.1 Å². The Kier molecular flexibility index (Phi) is 14.1. The average molecular weight is 525 g/mol. The smallest absolute Gasteiger partial charge is 0.305 e. The van der Waals surface area contributed by atoms with Gasteiger partial charge in [-0.3, -0.25) is 24.0 Å². The van der Waals surface area contributed by atoms with Crippen molar-refractivity contribution >= 4 is 41.4 Å². The van der Waals surface area contributed by atoms with Crippen molar-refractivity contribution in [3.63, 3.8) is 0 Å². The summed E-state index contributed by atoms with van der Waals surface area (Å²) in [6.07, 6.45) is 2.25. The fraction of sp³-hybridized carbons (Fsp3) is 0.522. The molecule has 0 aliphatic heterocycles. The van der Waals surface area contributed by atoms with Crippen LogP contribution in [0.2, 0.25) is 0 Å². The van der Waals surface area contributed by atoms with Gasteiger partial charge in [-0.25, -0.2) is 0 Å². The Morgan fingerprint density at radius 1 is 0.917 bits per heavy atom. The zero-order valence-corrected chi connectivity index (χ0v) is 21.1. The summed E-state index contributed by atoms with van der Waals surface area (Å²) in [5, 5.41) is 16.7. The number of hydrogen-bond donors (Lipinski definition) is 7. The molecule has 0 heterocycles. The van der Waals surface area contributed by atoms with Gasteiger partial charge in [-0.2, -0.15) is 11.8 Å². The number of benzene rings is 1. The molecule has 0 spiro atoms. The molecule has 4 atom stereocenters. The first-order chi connectivity index (χ1) is 17.1. The van der Waals surface area contributed by atoms with Crippen LogP contribution in [-0.4, -0.2) is 77.4 Å². The molecule has 200 valence electrons. The topological polar surface area (TPSA) is 220 Å². The number of carboxylic acid groups (broad SMARTS) is 1. The van der Waals surface area contributed by atoms with Gasteiger partial charge in [0.1, 0.15) is 18.1 Å². The molecule has 0 saturated heterocycles. The highest BCUT2D eigenvalue weighted by Crippen LogP contribution is 2.06. The molecule has 0 aromatic heterocycles. The highest BCUT2D eigenvalue weighted by Gasteiger charge is 2.31. The summed E-state index contributed by atoms with van der Waals surface area (Å²) in [7, 11) is 0. The maximum Gasteiger partial charge on any atom is 0.305 e. The SMILES string of the molecule is CSCC[C@H](NC(=O)[C@@H](N)CCCN)C(=O)N[C@@H](CC(=O)O)C(=O)N[C@@H](Cc1ccccc1)C(N)=O. The second-order valence-electron chi connectivity index (χ2n) is 8.19. The van der Waals surface area contributed by atoms with Crippen LogP contribution in [-0.2, 0) is 30.4 Å². The fourth-order valence-electron chi connectivity index (χ4n) is 3.25. The summed E-state index contributed by atoms with van der Waals surface area (Å²) >= 11 is 1.44. The summed E-state index contributed by atoms with van der Waals surface area (Å²) < 4.78 is 0. The normalized spacial score (nSPS) is 14.1. The molecule has 0 bridgehead atoms. The fourth-order valence-corrected chi connectivity index (χ4v) is 3.72. The molecule has 0 aliphatic rings. The first-order valence-corrected chi connectivity index (χ1v) is 12.9. The van der Waals surface area contributed by atoms with E-state index >= 15 is 0 Å². The number of primary amides is 1. The van der Waals surface area contributed by atoms with Crippen molar-refractivity contribution in [2.24, 2.45) is 17.2 Å². The molecule has 1 aromatic carbocycles. The number of carbonyl (C=O) groups is 5. The van der Waals surface area contributed by atoms with E-state index in [2.05, 4.69) is 16.0 Å². The molecular formula is C23H36N6O6S. The molecule has 1 aromatic rings. The predicted molar refractivity (Wildman–Crippen MR) is 137 cm³/mol. The van der Waals surface area contributed by atoms with E-state index in [4.69, 9.17) is 17.2 Å². The van der Waals surface area contributed by atoms with E-state index in [1.807, 2.05) is 6.26 Å². The summed E-state index contributed by atoms with van der Waals surface area (Å²) in [5.41, 5.74) is 17.5. The maximum absolute atomic E-state index is 13.0. The third-order valence-corrected chi connectivity index (χ3v) is 5.90. The lowest BCUT2D eigenvalue weighted by Crippen LogP contribution is -2.58. The quantitative estimate of drug-likeness (QED) is 0.125. The van der Waals surface area contributed by atoms with Crippen LogP contribution in [0.1, 0.15) is 31.2 Å².